The summed E-state index contributed by atoms with van der Waals surface area (Å²) in [5, 5.41) is 16.0. The molecular formula is C22H16ClN3O4. The Kier molecular flexibility index (Phi) is 5.12. The first-order valence-corrected chi connectivity index (χ1v) is 9.36. The van der Waals surface area contributed by atoms with Crippen molar-refractivity contribution < 1.29 is 14.3 Å². The number of hydrazone groups is 1. The molecule has 0 spiro atoms. The van der Waals surface area contributed by atoms with E-state index >= 15 is 0 Å². The van der Waals surface area contributed by atoms with Crippen molar-refractivity contribution >= 4 is 34.5 Å². The van der Waals surface area contributed by atoms with Crippen LogP contribution >= 0.6 is 11.6 Å². The fourth-order valence-electron chi connectivity index (χ4n) is 3.18. The number of rotatable bonds is 4. The highest BCUT2D eigenvalue weighted by Gasteiger charge is 2.18. The van der Waals surface area contributed by atoms with Crippen LogP contribution in [0.25, 0.3) is 16.5 Å². The lowest BCUT2D eigenvalue weighted by Gasteiger charge is -2.14. The smallest absolute Gasteiger partial charge is 0.274 e. The molecule has 0 bridgehead atoms. The number of hydrogen-bond acceptors (Lipinski definition) is 5. The average molecular weight is 422 g/mol. The molecule has 2 aromatic carbocycles. The second kappa shape index (κ2) is 7.88. The van der Waals surface area contributed by atoms with E-state index in [1.54, 1.807) is 55.5 Å². The number of pyridine rings is 1. The SMILES string of the molecule is Cc1occc1C(=O)N/N=C\c1c(O)n(-c2ccccc2Cl)c(=O)c2ccccc12. The third kappa shape index (κ3) is 3.35. The number of aromatic hydroxyl groups is 1. The van der Waals surface area contributed by atoms with Gasteiger partial charge in [-0.25, -0.2) is 9.99 Å². The van der Waals surface area contributed by atoms with Crippen molar-refractivity contribution in [3.05, 3.63) is 93.1 Å². The number of hydrogen-bond donors (Lipinski definition) is 2. The molecule has 0 aliphatic rings. The zero-order chi connectivity index (χ0) is 21.3. The molecular weight excluding hydrogens is 406 g/mol. The summed E-state index contributed by atoms with van der Waals surface area (Å²) in [7, 11) is 0. The number of aryl methyl sites for hydroxylation is 1. The van der Waals surface area contributed by atoms with Crippen LogP contribution in [-0.2, 0) is 0 Å². The summed E-state index contributed by atoms with van der Waals surface area (Å²) in [6, 6.07) is 15.0. The number of benzene rings is 2. The largest absolute Gasteiger partial charge is 0.494 e. The van der Waals surface area contributed by atoms with E-state index in [0.717, 1.165) is 4.57 Å². The normalized spacial score (nSPS) is 11.3. The Labute approximate surface area is 175 Å². The van der Waals surface area contributed by atoms with Gasteiger partial charge in [0.1, 0.15) is 5.76 Å². The zero-order valence-corrected chi connectivity index (χ0v) is 16.6. The molecule has 0 aliphatic heterocycles. The topological polar surface area (TPSA) is 96.8 Å². The van der Waals surface area contributed by atoms with Crippen molar-refractivity contribution in [2.24, 2.45) is 5.10 Å². The Morgan fingerprint density at radius 2 is 1.83 bits per heavy atom. The Morgan fingerprint density at radius 3 is 2.53 bits per heavy atom. The fraction of sp³-hybridized carbons (Fsp3) is 0.0455. The van der Waals surface area contributed by atoms with Gasteiger partial charge in [-0.2, -0.15) is 5.10 Å². The lowest BCUT2D eigenvalue weighted by molar-refractivity contribution is 0.0953. The van der Waals surface area contributed by atoms with Crippen LogP contribution in [-0.4, -0.2) is 21.8 Å². The summed E-state index contributed by atoms with van der Waals surface area (Å²) in [5.74, 6) is -0.340. The Hall–Kier alpha value is -3.84. The number of para-hydroxylation sites is 1. The van der Waals surface area contributed by atoms with Crippen molar-refractivity contribution in [1.29, 1.82) is 0 Å². The molecule has 150 valence electrons. The van der Waals surface area contributed by atoms with Gasteiger partial charge in [0.25, 0.3) is 11.5 Å². The number of fused-ring (bicyclic) bond motifs is 1. The highest BCUT2D eigenvalue weighted by molar-refractivity contribution is 6.32. The van der Waals surface area contributed by atoms with E-state index in [-0.39, 0.29) is 11.4 Å². The monoisotopic (exact) mass is 421 g/mol. The van der Waals surface area contributed by atoms with Crippen LogP contribution in [0, 0.1) is 6.92 Å². The maximum atomic E-state index is 13.0. The number of amides is 1. The lowest BCUT2D eigenvalue weighted by Crippen LogP contribution is -2.21. The molecule has 0 saturated carbocycles. The first kappa shape index (κ1) is 19.5. The van der Waals surface area contributed by atoms with Gasteiger partial charge < -0.3 is 9.52 Å². The van der Waals surface area contributed by atoms with E-state index in [1.807, 2.05) is 0 Å². The van der Waals surface area contributed by atoms with Crippen molar-refractivity contribution in [3.63, 3.8) is 0 Å². The van der Waals surface area contributed by atoms with Crippen LogP contribution in [0.15, 0.2) is 75.2 Å². The molecule has 0 fully saturated rings. The molecule has 7 nitrogen and oxygen atoms in total. The zero-order valence-electron chi connectivity index (χ0n) is 15.8. The van der Waals surface area contributed by atoms with Gasteiger partial charge in [-0.1, -0.05) is 41.9 Å². The maximum absolute atomic E-state index is 13.0. The number of halogens is 1. The predicted octanol–water partition coefficient (Wildman–Crippen LogP) is 4.02. The van der Waals surface area contributed by atoms with Crippen LogP contribution in [0.4, 0.5) is 0 Å². The van der Waals surface area contributed by atoms with Crippen LogP contribution in [0.2, 0.25) is 5.02 Å². The van der Waals surface area contributed by atoms with Gasteiger partial charge in [-0.15, -0.1) is 0 Å². The summed E-state index contributed by atoms with van der Waals surface area (Å²) in [6.07, 6.45) is 2.70. The molecule has 30 heavy (non-hydrogen) atoms. The minimum Gasteiger partial charge on any atom is -0.494 e. The summed E-state index contributed by atoms with van der Waals surface area (Å²) in [5.41, 5.74) is 2.91. The van der Waals surface area contributed by atoms with Gasteiger partial charge in [-0.3, -0.25) is 9.59 Å². The predicted molar refractivity (Wildman–Crippen MR) is 115 cm³/mol. The lowest BCUT2D eigenvalue weighted by atomic mass is 10.1. The molecule has 4 rings (SSSR count). The molecule has 0 atom stereocenters. The van der Waals surface area contributed by atoms with Gasteiger partial charge in [0.15, 0.2) is 0 Å². The third-order valence-electron chi connectivity index (χ3n) is 4.66. The highest BCUT2D eigenvalue weighted by Crippen LogP contribution is 2.28. The maximum Gasteiger partial charge on any atom is 0.274 e. The van der Waals surface area contributed by atoms with E-state index in [4.69, 9.17) is 16.0 Å². The number of furan rings is 1. The molecule has 2 N–H and O–H groups in total. The van der Waals surface area contributed by atoms with Crippen molar-refractivity contribution in [3.8, 4) is 11.6 Å². The molecule has 0 saturated heterocycles. The Balaban J connectivity index is 1.83. The van der Waals surface area contributed by atoms with Crippen LogP contribution in [0.1, 0.15) is 21.7 Å². The average Bonchev–Trinajstić information content (AvgIpc) is 3.18. The summed E-state index contributed by atoms with van der Waals surface area (Å²) in [6.45, 7) is 1.66. The molecule has 0 aliphatic carbocycles. The number of nitrogens with one attached hydrogen (secondary N) is 1. The number of carbonyl (C=O) groups excluding carboxylic acids is 1. The van der Waals surface area contributed by atoms with Gasteiger partial charge >= 0.3 is 0 Å². The van der Waals surface area contributed by atoms with Gasteiger partial charge in [0, 0.05) is 10.8 Å². The number of carbonyl (C=O) groups is 1. The molecule has 1 amide bonds. The third-order valence-corrected chi connectivity index (χ3v) is 4.98. The van der Waals surface area contributed by atoms with Crippen LogP contribution in [0.3, 0.4) is 0 Å². The minimum absolute atomic E-state index is 0.259. The van der Waals surface area contributed by atoms with E-state index in [1.165, 1.54) is 18.5 Å². The van der Waals surface area contributed by atoms with Crippen LogP contribution in [0.5, 0.6) is 5.88 Å². The number of nitrogens with zero attached hydrogens (tertiary/aromatic N) is 2. The first-order valence-electron chi connectivity index (χ1n) is 8.98. The molecule has 4 aromatic rings. The molecule has 2 heterocycles. The van der Waals surface area contributed by atoms with Gasteiger partial charge in [0.2, 0.25) is 5.88 Å². The molecule has 0 radical (unpaired) electrons. The van der Waals surface area contributed by atoms with E-state index in [0.29, 0.717) is 32.8 Å². The fourth-order valence-corrected chi connectivity index (χ4v) is 3.40. The van der Waals surface area contributed by atoms with Crippen molar-refractivity contribution in [1.82, 2.24) is 9.99 Å². The second-order valence-electron chi connectivity index (χ2n) is 6.46. The summed E-state index contributed by atoms with van der Waals surface area (Å²) in [4.78, 5) is 25.3. The summed E-state index contributed by atoms with van der Waals surface area (Å²) < 4.78 is 6.23. The second-order valence-corrected chi connectivity index (χ2v) is 6.87. The first-order chi connectivity index (χ1) is 14.5. The minimum atomic E-state index is -0.458. The quantitative estimate of drug-likeness (QED) is 0.384. The Morgan fingerprint density at radius 1 is 1.13 bits per heavy atom. The summed E-state index contributed by atoms with van der Waals surface area (Å²) >= 11 is 6.25. The van der Waals surface area contributed by atoms with E-state index < -0.39 is 11.5 Å². The molecule has 2 aromatic heterocycles. The van der Waals surface area contributed by atoms with Crippen molar-refractivity contribution in [2.75, 3.05) is 0 Å². The Bertz CT molecular complexity index is 1350. The molecule has 8 heteroatoms. The standard InChI is InChI=1S/C22H16ClN3O4/c1-13-14(10-11-30-13)20(27)25-24-12-17-15-6-2-3-7-16(15)21(28)26(22(17)29)19-9-5-4-8-18(19)23/h2-12,29H,1H3,(H,25,27)/b24-12-. The van der Waals surface area contributed by atoms with E-state index in [9.17, 15) is 14.7 Å². The molecule has 0 unspecified atom stereocenters. The highest BCUT2D eigenvalue weighted by atomic mass is 35.5. The van der Waals surface area contributed by atoms with Gasteiger partial charge in [-0.05, 0) is 31.2 Å². The van der Waals surface area contributed by atoms with Gasteiger partial charge in [0.05, 0.1) is 34.3 Å². The number of aromatic nitrogens is 1. The van der Waals surface area contributed by atoms with E-state index in [2.05, 4.69) is 10.5 Å². The van der Waals surface area contributed by atoms with Crippen LogP contribution < -0.4 is 11.0 Å². The van der Waals surface area contributed by atoms with Crippen molar-refractivity contribution in [2.45, 2.75) is 6.92 Å².